The molecule has 5 rings (SSSR count). The quantitative estimate of drug-likeness (QED) is 0.328. The lowest BCUT2D eigenvalue weighted by molar-refractivity contribution is -0.160. The van der Waals surface area contributed by atoms with Crippen molar-refractivity contribution in [2.45, 2.75) is 65.3 Å². The van der Waals surface area contributed by atoms with Crippen LogP contribution in [0.2, 0.25) is 0 Å². The molecule has 3 aromatic rings. The first-order chi connectivity index (χ1) is 21.6. The largest absolute Gasteiger partial charge is 0.444 e. The van der Waals surface area contributed by atoms with E-state index in [1.165, 1.54) is 16.2 Å². The van der Waals surface area contributed by atoms with E-state index in [1.54, 1.807) is 24.7 Å². The number of nitrogens with one attached hydrogen (secondary N) is 1. The highest BCUT2D eigenvalue weighted by Gasteiger charge is 2.44. The number of aryl methyl sites for hydroxylation is 1. The number of carbonyl (C=O) groups is 3. The standard InChI is InChI=1S/C24H21F6N3O4.C4H6N2.C3H8/c25-23(26,27)17-8-16(9-18(10-17)24(28,29)30)14-37-22(36)32-7-6-20(34)33-13-21(35)31(12-19(32)33)11-15-4-2-1-3-5-15;1-4-2-5-3-6-4;1-3-2/h1-5,8-10,19H,6-7,11-14H2;2-3H,1H3,(H,5,6);3H2,1-2H3. The maximum atomic E-state index is 13.1. The minimum absolute atomic E-state index is 0.0141. The van der Waals surface area contributed by atoms with Crippen molar-refractivity contribution in [1.29, 1.82) is 0 Å². The Hall–Kier alpha value is -4.56. The van der Waals surface area contributed by atoms with Gasteiger partial charge in [0.05, 0.1) is 24.0 Å². The summed E-state index contributed by atoms with van der Waals surface area (Å²) in [6, 6.07) is 9.96. The van der Waals surface area contributed by atoms with E-state index in [4.69, 9.17) is 4.74 Å². The number of nitrogens with zero attached hydrogens (tertiary/aromatic N) is 4. The Balaban J connectivity index is 0.000000557. The van der Waals surface area contributed by atoms with Crippen LogP contribution in [0.5, 0.6) is 0 Å². The van der Waals surface area contributed by atoms with E-state index in [2.05, 4.69) is 23.8 Å². The number of hydrogen-bond donors (Lipinski definition) is 1. The summed E-state index contributed by atoms with van der Waals surface area (Å²) >= 11 is 0. The number of imidazole rings is 1. The van der Waals surface area contributed by atoms with Gasteiger partial charge in [0.1, 0.15) is 19.3 Å². The number of aromatic nitrogens is 2. The van der Waals surface area contributed by atoms with Crippen LogP contribution in [-0.4, -0.2) is 68.4 Å². The molecule has 0 bridgehead atoms. The summed E-state index contributed by atoms with van der Waals surface area (Å²) in [5, 5.41) is 0. The molecule has 0 saturated carbocycles. The number of alkyl halides is 6. The van der Waals surface area contributed by atoms with Gasteiger partial charge in [-0.05, 0) is 36.2 Å². The average Bonchev–Trinajstić information content (AvgIpc) is 3.48. The van der Waals surface area contributed by atoms with Gasteiger partial charge in [-0.1, -0.05) is 50.6 Å². The van der Waals surface area contributed by atoms with Crippen molar-refractivity contribution in [2.24, 2.45) is 0 Å². The van der Waals surface area contributed by atoms with E-state index in [0.717, 1.165) is 16.2 Å². The lowest BCUT2D eigenvalue weighted by Gasteiger charge is -2.48. The van der Waals surface area contributed by atoms with Crippen LogP contribution in [0.1, 0.15) is 54.6 Å². The second-order valence-electron chi connectivity index (χ2n) is 10.6. The first-order valence-corrected chi connectivity index (χ1v) is 14.4. The second-order valence-corrected chi connectivity index (χ2v) is 10.6. The number of halogens is 6. The summed E-state index contributed by atoms with van der Waals surface area (Å²) < 4.78 is 83.8. The molecule has 0 radical (unpaired) electrons. The molecule has 1 atom stereocenters. The summed E-state index contributed by atoms with van der Waals surface area (Å²) in [6.07, 6.45) is -7.41. The zero-order valence-corrected chi connectivity index (χ0v) is 25.5. The monoisotopic (exact) mass is 655 g/mol. The minimum Gasteiger partial charge on any atom is -0.444 e. The van der Waals surface area contributed by atoms with E-state index in [0.29, 0.717) is 12.1 Å². The summed E-state index contributed by atoms with van der Waals surface area (Å²) in [5.41, 5.74) is -1.61. The number of rotatable bonds is 4. The van der Waals surface area contributed by atoms with Gasteiger partial charge in [0.25, 0.3) is 0 Å². The fraction of sp³-hybridized carbons (Fsp3) is 0.419. The first kappa shape index (κ1) is 35.9. The number of ether oxygens (including phenoxy) is 1. The molecule has 2 aliphatic heterocycles. The van der Waals surface area contributed by atoms with Crippen LogP contribution in [0.3, 0.4) is 0 Å². The van der Waals surface area contributed by atoms with Crippen molar-refractivity contribution >= 4 is 17.9 Å². The topological polar surface area (TPSA) is 98.8 Å². The van der Waals surface area contributed by atoms with Crippen LogP contribution < -0.4 is 0 Å². The third-order valence-electron chi connectivity index (χ3n) is 6.74. The van der Waals surface area contributed by atoms with Crippen molar-refractivity contribution in [3.8, 4) is 0 Å². The van der Waals surface area contributed by atoms with E-state index >= 15 is 0 Å². The highest BCUT2D eigenvalue weighted by atomic mass is 19.4. The van der Waals surface area contributed by atoms with Crippen molar-refractivity contribution in [3.05, 3.63) is 89.0 Å². The maximum absolute atomic E-state index is 13.1. The van der Waals surface area contributed by atoms with Crippen LogP contribution >= 0.6 is 0 Å². The number of hydrogen-bond acceptors (Lipinski definition) is 5. The molecule has 9 nitrogen and oxygen atoms in total. The number of benzene rings is 2. The zero-order chi connectivity index (χ0) is 34.1. The van der Waals surface area contributed by atoms with Gasteiger partial charge in [0.15, 0.2) is 0 Å². The molecular weight excluding hydrogens is 620 g/mol. The molecule has 1 unspecified atom stereocenters. The van der Waals surface area contributed by atoms with Crippen LogP contribution in [0.15, 0.2) is 61.1 Å². The molecule has 46 heavy (non-hydrogen) atoms. The third-order valence-corrected chi connectivity index (χ3v) is 6.74. The third kappa shape index (κ3) is 9.97. The van der Waals surface area contributed by atoms with Gasteiger partial charge in [0, 0.05) is 31.4 Å². The molecule has 0 aliphatic carbocycles. The Morgan fingerprint density at radius 1 is 0.957 bits per heavy atom. The van der Waals surface area contributed by atoms with Crippen molar-refractivity contribution in [3.63, 3.8) is 0 Å². The lowest BCUT2D eigenvalue weighted by atomic mass is 10.1. The SMILES string of the molecule is CCC.Cc1cnc[nH]1.O=C1CN2C(=O)CCN(C(=O)OCc3cc(C(F)(F)F)cc(C(F)(F)F)c3)C2CN1Cc1ccccc1. The maximum Gasteiger partial charge on any atom is 0.416 e. The minimum atomic E-state index is -5.04. The van der Waals surface area contributed by atoms with Gasteiger partial charge in [-0.15, -0.1) is 0 Å². The Bertz CT molecular complexity index is 1420. The van der Waals surface area contributed by atoms with E-state index < -0.39 is 47.9 Å². The summed E-state index contributed by atoms with van der Waals surface area (Å²) in [5.74, 6) is -0.679. The molecular formula is C31H35F6N5O4. The smallest absolute Gasteiger partial charge is 0.416 e. The second kappa shape index (κ2) is 15.6. The fourth-order valence-electron chi connectivity index (χ4n) is 4.60. The molecule has 1 aromatic heterocycles. The number of carbonyl (C=O) groups excluding carboxylic acids is 3. The zero-order valence-electron chi connectivity index (χ0n) is 25.5. The number of amides is 3. The Labute approximate surface area is 262 Å². The predicted molar refractivity (Wildman–Crippen MR) is 155 cm³/mol. The lowest BCUT2D eigenvalue weighted by Crippen LogP contribution is -2.67. The highest BCUT2D eigenvalue weighted by molar-refractivity contribution is 5.88. The molecule has 2 saturated heterocycles. The molecule has 2 aliphatic rings. The number of piperazine rings is 1. The normalized spacial score (nSPS) is 16.5. The highest BCUT2D eigenvalue weighted by Crippen LogP contribution is 2.36. The van der Waals surface area contributed by atoms with Crippen LogP contribution in [-0.2, 0) is 39.8 Å². The number of fused-ring (bicyclic) bond motifs is 1. The van der Waals surface area contributed by atoms with Gasteiger partial charge in [0.2, 0.25) is 11.8 Å². The molecule has 250 valence electrons. The number of H-pyrrole nitrogens is 1. The van der Waals surface area contributed by atoms with Crippen LogP contribution in [0.4, 0.5) is 31.1 Å². The van der Waals surface area contributed by atoms with Crippen LogP contribution in [0.25, 0.3) is 0 Å². The summed E-state index contributed by atoms with van der Waals surface area (Å²) in [4.78, 5) is 48.4. The summed E-state index contributed by atoms with van der Waals surface area (Å²) in [7, 11) is 0. The van der Waals surface area contributed by atoms with Crippen molar-refractivity contribution < 1.29 is 45.5 Å². The van der Waals surface area contributed by atoms with E-state index in [-0.39, 0.29) is 50.5 Å². The summed E-state index contributed by atoms with van der Waals surface area (Å²) in [6.45, 7) is 5.20. The molecule has 2 aromatic carbocycles. The Morgan fingerprint density at radius 2 is 1.57 bits per heavy atom. The molecule has 1 N–H and O–H groups in total. The molecule has 2 fully saturated rings. The van der Waals surface area contributed by atoms with Gasteiger partial charge in [-0.3, -0.25) is 14.5 Å². The van der Waals surface area contributed by atoms with E-state index in [1.807, 2.05) is 25.1 Å². The van der Waals surface area contributed by atoms with Gasteiger partial charge < -0.3 is 19.5 Å². The number of aromatic amines is 1. The molecule has 3 amide bonds. The van der Waals surface area contributed by atoms with Gasteiger partial charge >= 0.3 is 18.4 Å². The fourth-order valence-corrected chi connectivity index (χ4v) is 4.60. The predicted octanol–water partition coefficient (Wildman–Crippen LogP) is 6.40. The molecule has 15 heteroatoms. The van der Waals surface area contributed by atoms with Crippen molar-refractivity contribution in [1.82, 2.24) is 24.7 Å². The van der Waals surface area contributed by atoms with Gasteiger partial charge in [-0.2, -0.15) is 26.3 Å². The van der Waals surface area contributed by atoms with Crippen molar-refractivity contribution in [2.75, 3.05) is 19.6 Å². The molecule has 0 spiro atoms. The van der Waals surface area contributed by atoms with E-state index in [9.17, 15) is 40.7 Å². The average molecular weight is 656 g/mol. The Morgan fingerprint density at radius 3 is 2.07 bits per heavy atom. The first-order valence-electron chi connectivity index (χ1n) is 14.4. The van der Waals surface area contributed by atoms with Gasteiger partial charge in [-0.25, -0.2) is 9.78 Å². The Kier molecular flexibility index (Phi) is 12.2. The molecule has 3 heterocycles. The van der Waals surface area contributed by atoms with Crippen LogP contribution in [0, 0.1) is 6.92 Å².